The number of rotatable bonds is 3. The van der Waals surface area contributed by atoms with E-state index < -0.39 is 22.9 Å². The van der Waals surface area contributed by atoms with Crippen LogP contribution in [0, 0.1) is 0 Å². The van der Waals surface area contributed by atoms with Gasteiger partial charge in [0.05, 0.1) is 5.56 Å². The predicted octanol–water partition coefficient (Wildman–Crippen LogP) is 0.366. The minimum Gasteiger partial charge on any atom is -0.360 e. The number of hydrogen-bond donors (Lipinski definition) is 4. The summed E-state index contributed by atoms with van der Waals surface area (Å²) >= 11 is 0. The van der Waals surface area contributed by atoms with Gasteiger partial charge in [0.25, 0.3) is 17.2 Å². The van der Waals surface area contributed by atoms with Crippen molar-refractivity contribution in [2.75, 3.05) is 5.32 Å². The fourth-order valence-corrected chi connectivity index (χ4v) is 2.10. The number of Topliss-reactive ketones (excluding diaryl/α,β-unsaturated/α-hetero) is 1. The third-order valence-corrected chi connectivity index (χ3v) is 3.05. The highest BCUT2D eigenvalue weighted by Gasteiger charge is 2.20. The Kier molecular flexibility index (Phi) is 3.18. The lowest BCUT2D eigenvalue weighted by atomic mass is 10.1. The van der Waals surface area contributed by atoms with Crippen molar-refractivity contribution in [3.63, 3.8) is 0 Å². The van der Waals surface area contributed by atoms with Gasteiger partial charge in [0, 0.05) is 23.2 Å². The monoisotopic (exact) mass is 298 g/mol. The second-order valence-corrected chi connectivity index (χ2v) is 4.53. The maximum Gasteiger partial charge on any atom is 0.327 e. The van der Waals surface area contributed by atoms with Crippen molar-refractivity contribution in [2.24, 2.45) is 0 Å². The number of H-pyrrole nitrogens is 3. The topological polar surface area (TPSA) is 128 Å². The van der Waals surface area contributed by atoms with Gasteiger partial charge in [-0.2, -0.15) is 0 Å². The van der Waals surface area contributed by atoms with E-state index in [9.17, 15) is 19.2 Å². The van der Waals surface area contributed by atoms with E-state index in [4.69, 9.17) is 0 Å². The number of aromatic amines is 3. The zero-order valence-corrected chi connectivity index (χ0v) is 11.1. The van der Waals surface area contributed by atoms with Crippen LogP contribution in [0.25, 0.3) is 10.9 Å². The molecule has 110 valence electrons. The van der Waals surface area contributed by atoms with Gasteiger partial charge in [-0.1, -0.05) is 18.2 Å². The molecule has 0 fully saturated rings. The quantitative estimate of drug-likeness (QED) is 0.411. The van der Waals surface area contributed by atoms with Crippen LogP contribution in [0.3, 0.4) is 0 Å². The predicted molar refractivity (Wildman–Crippen MR) is 78.9 cm³/mol. The molecule has 0 radical (unpaired) electrons. The van der Waals surface area contributed by atoms with E-state index in [2.05, 4.69) is 15.3 Å². The third kappa shape index (κ3) is 2.44. The number of aromatic nitrogens is 3. The van der Waals surface area contributed by atoms with Crippen LogP contribution in [-0.4, -0.2) is 26.6 Å². The van der Waals surface area contributed by atoms with Crippen molar-refractivity contribution < 1.29 is 9.59 Å². The van der Waals surface area contributed by atoms with Gasteiger partial charge < -0.3 is 10.3 Å². The molecule has 1 aromatic carbocycles. The Bertz CT molecular complexity index is 967. The number of carbonyl (C=O) groups is 2. The van der Waals surface area contributed by atoms with Crippen LogP contribution < -0.4 is 16.6 Å². The number of benzene rings is 1. The minimum absolute atomic E-state index is 0.146. The number of nitrogens with one attached hydrogen (secondary N) is 4. The second kappa shape index (κ2) is 5.17. The largest absolute Gasteiger partial charge is 0.360 e. The van der Waals surface area contributed by atoms with E-state index in [1.54, 1.807) is 24.3 Å². The molecule has 0 saturated heterocycles. The second-order valence-electron chi connectivity index (χ2n) is 4.53. The number of fused-ring (bicyclic) bond motifs is 1. The molecule has 0 atom stereocenters. The first-order valence-electron chi connectivity index (χ1n) is 6.30. The standard InChI is InChI=1S/C14H10N4O4/c19-11-5-10(17-14(22)18-11)16-13(21)12(20)8-6-15-9-4-2-1-3-7(8)9/h1-6,15H,(H3,16,17,18,19,21,22). The smallest absolute Gasteiger partial charge is 0.327 e. The molecule has 2 heterocycles. The summed E-state index contributed by atoms with van der Waals surface area (Å²) in [6.45, 7) is 0. The summed E-state index contributed by atoms with van der Waals surface area (Å²) in [7, 11) is 0. The number of hydrogen-bond acceptors (Lipinski definition) is 4. The Labute approximate surface area is 122 Å². The molecule has 0 unspecified atom stereocenters. The summed E-state index contributed by atoms with van der Waals surface area (Å²) < 4.78 is 0. The Morgan fingerprint density at radius 1 is 1.05 bits per heavy atom. The average molecular weight is 298 g/mol. The van der Waals surface area contributed by atoms with Gasteiger partial charge in [0.2, 0.25) is 0 Å². The maximum atomic E-state index is 12.2. The van der Waals surface area contributed by atoms with Gasteiger partial charge in [0.15, 0.2) is 0 Å². The van der Waals surface area contributed by atoms with Gasteiger partial charge in [-0.3, -0.25) is 24.4 Å². The minimum atomic E-state index is -0.953. The van der Waals surface area contributed by atoms with Gasteiger partial charge in [-0.15, -0.1) is 0 Å². The summed E-state index contributed by atoms with van der Waals surface area (Å²) in [5, 5.41) is 2.81. The van der Waals surface area contributed by atoms with Gasteiger partial charge in [-0.05, 0) is 6.07 Å². The van der Waals surface area contributed by atoms with Crippen LogP contribution in [0.4, 0.5) is 5.82 Å². The highest BCUT2D eigenvalue weighted by atomic mass is 16.2. The van der Waals surface area contributed by atoms with Crippen molar-refractivity contribution in [3.05, 3.63) is 62.9 Å². The SMILES string of the molecule is O=C(Nc1cc(=O)[nH]c(=O)[nH]1)C(=O)c1c[nH]c2ccccc12. The lowest BCUT2D eigenvalue weighted by Gasteiger charge is -2.02. The molecule has 3 rings (SSSR count). The number of amides is 1. The fraction of sp³-hybridized carbons (Fsp3) is 0. The Morgan fingerprint density at radius 2 is 1.82 bits per heavy atom. The molecule has 0 bridgehead atoms. The molecule has 0 aliphatic carbocycles. The molecule has 0 aliphatic heterocycles. The zero-order valence-electron chi connectivity index (χ0n) is 11.1. The van der Waals surface area contributed by atoms with E-state index in [1.807, 2.05) is 4.98 Å². The lowest BCUT2D eigenvalue weighted by Crippen LogP contribution is -2.28. The van der Waals surface area contributed by atoms with Crippen LogP contribution in [0.1, 0.15) is 10.4 Å². The number of carbonyl (C=O) groups excluding carboxylic acids is 2. The lowest BCUT2D eigenvalue weighted by molar-refractivity contribution is -0.112. The summed E-state index contributed by atoms with van der Waals surface area (Å²) in [6.07, 6.45) is 1.44. The van der Waals surface area contributed by atoms with E-state index in [0.717, 1.165) is 11.6 Å². The first-order valence-corrected chi connectivity index (χ1v) is 6.30. The zero-order chi connectivity index (χ0) is 15.7. The van der Waals surface area contributed by atoms with Crippen molar-refractivity contribution in [3.8, 4) is 0 Å². The first kappa shape index (κ1) is 13.6. The summed E-state index contributed by atoms with van der Waals surface area (Å²) in [6, 6.07) is 8.01. The third-order valence-electron chi connectivity index (χ3n) is 3.05. The molecule has 0 spiro atoms. The van der Waals surface area contributed by atoms with Crippen LogP contribution in [0.5, 0.6) is 0 Å². The van der Waals surface area contributed by atoms with Crippen molar-refractivity contribution in [1.29, 1.82) is 0 Å². The van der Waals surface area contributed by atoms with Crippen LogP contribution in [-0.2, 0) is 4.79 Å². The first-order chi connectivity index (χ1) is 10.5. The Morgan fingerprint density at radius 3 is 2.59 bits per heavy atom. The molecule has 4 N–H and O–H groups in total. The molecule has 2 aromatic heterocycles. The average Bonchev–Trinajstić information content (AvgIpc) is 2.89. The number of ketones is 1. The van der Waals surface area contributed by atoms with Crippen molar-refractivity contribution in [2.45, 2.75) is 0 Å². The normalized spacial score (nSPS) is 10.5. The summed E-state index contributed by atoms with van der Waals surface area (Å²) in [5.41, 5.74) is -0.524. The Hall–Kier alpha value is -3.42. The van der Waals surface area contributed by atoms with Crippen molar-refractivity contribution in [1.82, 2.24) is 15.0 Å². The van der Waals surface area contributed by atoms with Gasteiger partial charge in [-0.25, -0.2) is 4.79 Å². The molecule has 22 heavy (non-hydrogen) atoms. The van der Waals surface area contributed by atoms with Crippen LogP contribution in [0.2, 0.25) is 0 Å². The molecule has 1 amide bonds. The van der Waals surface area contributed by atoms with Gasteiger partial charge in [0.1, 0.15) is 5.82 Å². The maximum absolute atomic E-state index is 12.2. The fourth-order valence-electron chi connectivity index (χ4n) is 2.10. The summed E-state index contributed by atoms with van der Waals surface area (Å²) in [4.78, 5) is 53.5. The van der Waals surface area contributed by atoms with E-state index >= 15 is 0 Å². The molecule has 0 saturated carbocycles. The molecule has 0 aliphatic rings. The van der Waals surface area contributed by atoms with Gasteiger partial charge >= 0.3 is 5.69 Å². The number of anilines is 1. The molecule has 3 aromatic rings. The van der Waals surface area contributed by atoms with E-state index in [1.165, 1.54) is 6.20 Å². The van der Waals surface area contributed by atoms with E-state index in [-0.39, 0.29) is 11.4 Å². The number of para-hydroxylation sites is 1. The van der Waals surface area contributed by atoms with E-state index in [0.29, 0.717) is 5.39 Å². The summed E-state index contributed by atoms with van der Waals surface area (Å²) in [5.74, 6) is -1.88. The van der Waals surface area contributed by atoms with Crippen LogP contribution >= 0.6 is 0 Å². The molecule has 8 heteroatoms. The molecular weight excluding hydrogens is 288 g/mol. The molecular formula is C14H10N4O4. The molecule has 8 nitrogen and oxygen atoms in total. The van der Waals surface area contributed by atoms with Crippen molar-refractivity contribution >= 4 is 28.4 Å². The van der Waals surface area contributed by atoms with Crippen LogP contribution in [0.15, 0.2) is 46.1 Å². The highest BCUT2D eigenvalue weighted by molar-refractivity contribution is 6.48. The highest BCUT2D eigenvalue weighted by Crippen LogP contribution is 2.18. The Balaban J connectivity index is 1.90.